The number of likely N-dealkylation sites (tertiary alicyclic amines) is 1. The van der Waals surface area contributed by atoms with Crippen molar-refractivity contribution in [2.45, 2.75) is 50.6 Å². The fourth-order valence-electron chi connectivity index (χ4n) is 5.09. The highest BCUT2D eigenvalue weighted by Gasteiger charge is 2.36. The molecule has 1 saturated heterocycles. The zero-order valence-corrected chi connectivity index (χ0v) is 18.9. The number of pyridine rings is 1. The SMILES string of the molecule is Cc1ccc2ncnc(NCC(=O)NC3CN(C4CCC(c5ncccc5O)CC4)C3)c2c1. The summed E-state index contributed by atoms with van der Waals surface area (Å²) >= 11 is 0. The topological polar surface area (TPSA) is 103 Å². The molecule has 3 aromatic rings. The monoisotopic (exact) mass is 446 g/mol. The lowest BCUT2D eigenvalue weighted by molar-refractivity contribution is -0.121. The Balaban J connectivity index is 1.06. The van der Waals surface area contributed by atoms with Crippen molar-refractivity contribution < 1.29 is 9.90 Å². The summed E-state index contributed by atoms with van der Waals surface area (Å²) in [7, 11) is 0. The molecule has 8 heteroatoms. The molecule has 3 heterocycles. The molecule has 172 valence electrons. The van der Waals surface area contributed by atoms with Crippen LogP contribution >= 0.6 is 0 Å². The lowest BCUT2D eigenvalue weighted by Crippen LogP contribution is -2.63. The van der Waals surface area contributed by atoms with Crippen LogP contribution in [0, 0.1) is 6.92 Å². The van der Waals surface area contributed by atoms with E-state index in [1.807, 2.05) is 25.1 Å². The van der Waals surface area contributed by atoms with Crippen molar-refractivity contribution in [3.05, 3.63) is 54.1 Å². The molecule has 0 radical (unpaired) electrons. The third-order valence-electron chi connectivity index (χ3n) is 6.90. The summed E-state index contributed by atoms with van der Waals surface area (Å²) in [5.41, 5.74) is 2.83. The first kappa shape index (κ1) is 21.6. The van der Waals surface area contributed by atoms with Crippen LogP contribution in [0.15, 0.2) is 42.9 Å². The summed E-state index contributed by atoms with van der Waals surface area (Å²) in [4.78, 5) is 27.9. The maximum Gasteiger partial charge on any atom is 0.239 e. The Morgan fingerprint density at radius 1 is 1.12 bits per heavy atom. The maximum absolute atomic E-state index is 12.5. The van der Waals surface area contributed by atoms with Gasteiger partial charge in [0, 0.05) is 36.6 Å². The fraction of sp³-hybridized carbons (Fsp3) is 0.440. The second kappa shape index (κ2) is 9.31. The molecule has 1 aliphatic heterocycles. The molecule has 1 saturated carbocycles. The standard InChI is InChI=1S/C25H30N6O2/c1-16-4-9-21-20(11-16)25(29-15-28-21)27-12-23(33)30-18-13-31(14-18)19-7-5-17(6-8-19)24-22(32)3-2-10-26-24/h2-4,9-11,15,17-19,32H,5-8,12-14H2,1H3,(H,30,33)(H,27,28,29). The van der Waals surface area contributed by atoms with Gasteiger partial charge in [-0.3, -0.25) is 14.7 Å². The minimum atomic E-state index is -0.0200. The lowest BCUT2D eigenvalue weighted by atomic mass is 9.82. The first-order valence-electron chi connectivity index (χ1n) is 11.7. The minimum Gasteiger partial charge on any atom is -0.506 e. The third kappa shape index (κ3) is 4.75. The lowest BCUT2D eigenvalue weighted by Gasteiger charge is -2.46. The molecular weight excluding hydrogens is 416 g/mol. The van der Waals surface area contributed by atoms with E-state index in [1.54, 1.807) is 18.3 Å². The zero-order chi connectivity index (χ0) is 22.8. The summed E-state index contributed by atoms with van der Waals surface area (Å²) < 4.78 is 0. The normalized spacial score (nSPS) is 21.5. The predicted molar refractivity (Wildman–Crippen MR) is 127 cm³/mol. The molecule has 5 rings (SSSR count). The van der Waals surface area contributed by atoms with E-state index in [-0.39, 0.29) is 18.5 Å². The quantitative estimate of drug-likeness (QED) is 0.535. The van der Waals surface area contributed by atoms with Gasteiger partial charge < -0.3 is 15.7 Å². The van der Waals surface area contributed by atoms with Crippen LogP contribution in [-0.4, -0.2) is 62.6 Å². The molecule has 0 bridgehead atoms. The summed E-state index contributed by atoms with van der Waals surface area (Å²) in [6.07, 6.45) is 7.56. The Bertz CT molecular complexity index is 1140. The second-order valence-corrected chi connectivity index (χ2v) is 9.23. The molecule has 8 nitrogen and oxygen atoms in total. The number of fused-ring (bicyclic) bond motifs is 1. The van der Waals surface area contributed by atoms with E-state index in [4.69, 9.17) is 0 Å². The Hall–Kier alpha value is -3.26. The second-order valence-electron chi connectivity index (χ2n) is 9.23. The fourth-order valence-corrected chi connectivity index (χ4v) is 5.09. The van der Waals surface area contributed by atoms with Crippen LogP contribution in [0.25, 0.3) is 10.9 Å². The highest BCUT2D eigenvalue weighted by Crippen LogP contribution is 2.38. The Morgan fingerprint density at radius 2 is 1.94 bits per heavy atom. The highest BCUT2D eigenvalue weighted by molar-refractivity contribution is 5.91. The van der Waals surface area contributed by atoms with Crippen LogP contribution in [0.1, 0.15) is 42.9 Å². The van der Waals surface area contributed by atoms with E-state index in [0.717, 1.165) is 60.9 Å². The molecular formula is C25H30N6O2. The number of rotatable bonds is 6. The van der Waals surface area contributed by atoms with Gasteiger partial charge in [0.05, 0.1) is 23.8 Å². The number of aryl methyl sites for hydroxylation is 1. The first-order chi connectivity index (χ1) is 16.1. The number of aromatic nitrogens is 3. The van der Waals surface area contributed by atoms with Crippen LogP contribution in [0.4, 0.5) is 5.82 Å². The van der Waals surface area contributed by atoms with Crippen molar-refractivity contribution in [3.8, 4) is 5.75 Å². The molecule has 2 fully saturated rings. The average molecular weight is 447 g/mol. The number of amides is 1. The predicted octanol–water partition coefficient (Wildman–Crippen LogP) is 2.98. The van der Waals surface area contributed by atoms with Gasteiger partial charge in [-0.25, -0.2) is 9.97 Å². The molecule has 0 spiro atoms. The molecule has 0 atom stereocenters. The van der Waals surface area contributed by atoms with Gasteiger partial charge in [0.25, 0.3) is 0 Å². The number of benzene rings is 1. The minimum absolute atomic E-state index is 0.0200. The van der Waals surface area contributed by atoms with Gasteiger partial charge in [-0.05, 0) is 56.9 Å². The summed E-state index contributed by atoms with van der Waals surface area (Å²) in [5.74, 6) is 1.32. The molecule has 1 amide bonds. The average Bonchev–Trinajstić information content (AvgIpc) is 2.80. The van der Waals surface area contributed by atoms with Crippen LogP contribution in [-0.2, 0) is 4.79 Å². The van der Waals surface area contributed by atoms with Gasteiger partial charge in [-0.15, -0.1) is 0 Å². The van der Waals surface area contributed by atoms with Crippen molar-refractivity contribution in [3.63, 3.8) is 0 Å². The van der Waals surface area contributed by atoms with Crippen LogP contribution in [0.2, 0.25) is 0 Å². The molecule has 2 aliphatic rings. The molecule has 1 aliphatic carbocycles. The Kier molecular flexibility index (Phi) is 6.09. The van der Waals surface area contributed by atoms with E-state index >= 15 is 0 Å². The number of aromatic hydroxyl groups is 1. The Labute approximate surface area is 193 Å². The molecule has 2 aromatic heterocycles. The van der Waals surface area contributed by atoms with Crippen LogP contribution in [0.5, 0.6) is 5.75 Å². The highest BCUT2D eigenvalue weighted by atomic mass is 16.3. The van der Waals surface area contributed by atoms with Crippen molar-refractivity contribution in [2.75, 3.05) is 25.0 Å². The number of carbonyl (C=O) groups is 1. The van der Waals surface area contributed by atoms with E-state index in [0.29, 0.717) is 23.5 Å². The number of anilines is 1. The summed E-state index contributed by atoms with van der Waals surface area (Å²) in [6, 6.07) is 10.3. The molecule has 3 N–H and O–H groups in total. The van der Waals surface area contributed by atoms with Gasteiger partial charge >= 0.3 is 0 Å². The summed E-state index contributed by atoms with van der Waals surface area (Å²) in [5, 5.41) is 17.3. The van der Waals surface area contributed by atoms with Crippen molar-refractivity contribution in [2.24, 2.45) is 0 Å². The Morgan fingerprint density at radius 3 is 2.73 bits per heavy atom. The smallest absolute Gasteiger partial charge is 0.239 e. The number of hydrogen-bond acceptors (Lipinski definition) is 7. The largest absolute Gasteiger partial charge is 0.506 e. The third-order valence-corrected chi connectivity index (χ3v) is 6.90. The van der Waals surface area contributed by atoms with Gasteiger partial charge in [-0.2, -0.15) is 0 Å². The molecule has 0 unspecified atom stereocenters. The number of nitrogens with zero attached hydrogens (tertiary/aromatic N) is 4. The van der Waals surface area contributed by atoms with Crippen molar-refractivity contribution in [1.82, 2.24) is 25.2 Å². The van der Waals surface area contributed by atoms with E-state index in [1.165, 1.54) is 6.33 Å². The first-order valence-corrected chi connectivity index (χ1v) is 11.7. The molecule has 1 aromatic carbocycles. The summed E-state index contributed by atoms with van der Waals surface area (Å²) in [6.45, 7) is 4.01. The zero-order valence-electron chi connectivity index (χ0n) is 18.9. The van der Waals surface area contributed by atoms with E-state index < -0.39 is 0 Å². The van der Waals surface area contributed by atoms with E-state index in [9.17, 15) is 9.90 Å². The van der Waals surface area contributed by atoms with Gasteiger partial charge in [0.2, 0.25) is 5.91 Å². The maximum atomic E-state index is 12.5. The number of carbonyl (C=O) groups excluding carboxylic acids is 1. The number of nitrogens with one attached hydrogen (secondary N) is 2. The molecule has 33 heavy (non-hydrogen) atoms. The van der Waals surface area contributed by atoms with Gasteiger partial charge in [0.1, 0.15) is 17.9 Å². The van der Waals surface area contributed by atoms with Gasteiger partial charge in [-0.1, -0.05) is 11.6 Å². The van der Waals surface area contributed by atoms with Crippen molar-refractivity contribution >= 4 is 22.6 Å². The number of hydrogen-bond donors (Lipinski definition) is 3. The van der Waals surface area contributed by atoms with Gasteiger partial charge in [0.15, 0.2) is 0 Å². The van der Waals surface area contributed by atoms with Crippen LogP contribution in [0.3, 0.4) is 0 Å². The van der Waals surface area contributed by atoms with Crippen molar-refractivity contribution in [1.29, 1.82) is 0 Å². The van der Waals surface area contributed by atoms with Crippen LogP contribution < -0.4 is 10.6 Å². The van der Waals surface area contributed by atoms with E-state index in [2.05, 4.69) is 30.5 Å².